The Morgan fingerprint density at radius 3 is 1.79 bits per heavy atom. The number of carbonyl (C=O) groups excluding carboxylic acids is 4. The first-order valence-electron chi connectivity index (χ1n) is 9.42. The molecule has 1 unspecified atom stereocenters. The van der Waals surface area contributed by atoms with Gasteiger partial charge >= 0.3 is 0 Å². The van der Waals surface area contributed by atoms with E-state index in [0.29, 0.717) is 71.5 Å². The molecule has 0 spiro atoms. The van der Waals surface area contributed by atoms with Gasteiger partial charge in [-0.3, -0.25) is 33.9 Å². The Kier molecular flexibility index (Phi) is 12.0. The largest absolute Gasteiger partial charge is 0.452 e. The molecule has 1 saturated heterocycles. The molecule has 0 aromatic heterocycles. The molecule has 0 amide bonds. The molecule has 1 atom stereocenters. The molecule has 28 heavy (non-hydrogen) atoms. The maximum atomic E-state index is 12.0. The van der Waals surface area contributed by atoms with Crippen LogP contribution in [0.15, 0.2) is 0 Å². The number of rotatable bonds is 13. The first-order valence-corrected chi connectivity index (χ1v) is 9.42. The van der Waals surface area contributed by atoms with E-state index in [0.717, 1.165) is 0 Å². The Hall–Kier alpha value is -2.04. The molecule has 0 bridgehead atoms. The molecule has 1 aliphatic rings. The van der Waals surface area contributed by atoms with Crippen LogP contribution >= 0.6 is 0 Å². The Morgan fingerprint density at radius 1 is 0.857 bits per heavy atom. The summed E-state index contributed by atoms with van der Waals surface area (Å²) in [5, 5.41) is 0. The van der Waals surface area contributed by atoms with Crippen molar-refractivity contribution in [1.82, 2.24) is 14.7 Å². The maximum absolute atomic E-state index is 12.0. The Labute approximate surface area is 165 Å². The van der Waals surface area contributed by atoms with E-state index < -0.39 is 6.23 Å². The molecule has 10 heteroatoms. The van der Waals surface area contributed by atoms with Gasteiger partial charge in [0.25, 0.3) is 19.4 Å². The highest BCUT2D eigenvalue weighted by Crippen LogP contribution is 2.13. The molecule has 160 valence electrons. The number of ketones is 1. The number of nitrogens with zero attached hydrogens (tertiary/aromatic N) is 3. The van der Waals surface area contributed by atoms with Gasteiger partial charge in [-0.1, -0.05) is 13.8 Å². The minimum absolute atomic E-state index is 0.0700. The number of carbonyl (C=O) groups is 4. The summed E-state index contributed by atoms with van der Waals surface area (Å²) in [6, 6.07) is 0. The molecule has 1 rings (SSSR count). The molecule has 0 aliphatic carbocycles. The molecule has 10 nitrogen and oxygen atoms in total. The van der Waals surface area contributed by atoms with Crippen LogP contribution in [0.5, 0.6) is 0 Å². The lowest BCUT2D eigenvalue weighted by molar-refractivity contribution is -0.146. The van der Waals surface area contributed by atoms with Crippen LogP contribution in [-0.4, -0.2) is 98.9 Å². The number of hydrogen-bond acceptors (Lipinski definition) is 10. The van der Waals surface area contributed by atoms with Crippen LogP contribution in [0, 0.1) is 5.92 Å². The summed E-state index contributed by atoms with van der Waals surface area (Å²) >= 11 is 0. The van der Waals surface area contributed by atoms with E-state index in [-0.39, 0.29) is 25.2 Å². The lowest BCUT2D eigenvalue weighted by Crippen LogP contribution is -2.44. The number of hydrogen-bond donors (Lipinski definition) is 0. The first kappa shape index (κ1) is 24.0. The predicted octanol–water partition coefficient (Wildman–Crippen LogP) is -0.329. The molecule has 0 saturated carbocycles. The van der Waals surface area contributed by atoms with Crippen molar-refractivity contribution in [2.45, 2.75) is 32.9 Å². The topological polar surface area (TPSA) is 106 Å². The van der Waals surface area contributed by atoms with Gasteiger partial charge in [0.2, 0.25) is 0 Å². The van der Waals surface area contributed by atoms with Crippen LogP contribution in [0.1, 0.15) is 26.7 Å². The van der Waals surface area contributed by atoms with Gasteiger partial charge in [-0.15, -0.1) is 0 Å². The molecule has 0 aromatic rings. The lowest BCUT2D eigenvalue weighted by Gasteiger charge is -2.31. The summed E-state index contributed by atoms with van der Waals surface area (Å²) in [6.45, 7) is 8.72. The van der Waals surface area contributed by atoms with Gasteiger partial charge in [-0.25, -0.2) is 0 Å². The highest BCUT2D eigenvalue weighted by atomic mass is 16.5. The molecule has 0 aromatic carbocycles. The van der Waals surface area contributed by atoms with E-state index in [9.17, 15) is 19.2 Å². The quantitative estimate of drug-likeness (QED) is 0.301. The standard InChI is InChI=1S/C18H31N3O7/c1-16(2)17(25)3-4-18(28-15-24)21-9-7-19(11-26-13-22)5-6-20(8-10-21)12-27-14-23/h13-16,18H,3-12H2,1-2H3. The number of Topliss-reactive ketones (excluding diaryl/α,β-unsaturated/α-hetero) is 1. The van der Waals surface area contributed by atoms with E-state index >= 15 is 0 Å². The summed E-state index contributed by atoms with van der Waals surface area (Å²) in [6.07, 6.45) is 0.203. The Balaban J connectivity index is 2.81. The van der Waals surface area contributed by atoms with Crippen LogP contribution in [-0.2, 0) is 33.4 Å². The van der Waals surface area contributed by atoms with Gasteiger partial charge in [0.15, 0.2) is 6.23 Å². The second-order valence-electron chi connectivity index (χ2n) is 6.90. The second kappa shape index (κ2) is 14.0. The Bertz CT molecular complexity index is 466. The van der Waals surface area contributed by atoms with Gasteiger partial charge in [0.1, 0.15) is 19.2 Å². The minimum atomic E-state index is -0.527. The summed E-state index contributed by atoms with van der Waals surface area (Å²) in [4.78, 5) is 49.9. The van der Waals surface area contributed by atoms with Crippen molar-refractivity contribution in [2.75, 3.05) is 52.7 Å². The third-order valence-electron chi connectivity index (χ3n) is 4.69. The fourth-order valence-electron chi connectivity index (χ4n) is 2.93. The fraction of sp³-hybridized carbons (Fsp3) is 0.778. The monoisotopic (exact) mass is 401 g/mol. The van der Waals surface area contributed by atoms with Gasteiger partial charge in [0.05, 0.1) is 0 Å². The van der Waals surface area contributed by atoms with Crippen LogP contribution in [0.4, 0.5) is 0 Å². The third-order valence-corrected chi connectivity index (χ3v) is 4.69. The summed E-state index contributed by atoms with van der Waals surface area (Å²) < 4.78 is 15.0. The van der Waals surface area contributed by atoms with E-state index in [4.69, 9.17) is 14.2 Å². The molecule has 1 heterocycles. The van der Waals surface area contributed by atoms with Gasteiger partial charge in [0, 0.05) is 58.0 Å². The average molecular weight is 401 g/mol. The molecular formula is C18H31N3O7. The SMILES string of the molecule is CC(C)C(=O)CCC(OC=O)N1CCN(COC=O)CCN(COC=O)CC1. The fourth-order valence-corrected chi connectivity index (χ4v) is 2.93. The zero-order valence-corrected chi connectivity index (χ0v) is 16.7. The molecule has 0 radical (unpaired) electrons. The normalized spacial score (nSPS) is 18.4. The first-order chi connectivity index (χ1) is 13.5. The third kappa shape index (κ3) is 9.25. The molecule has 0 N–H and O–H groups in total. The van der Waals surface area contributed by atoms with Crippen LogP contribution < -0.4 is 0 Å². The smallest absolute Gasteiger partial charge is 0.294 e. The average Bonchev–Trinajstić information content (AvgIpc) is 2.78. The summed E-state index contributed by atoms with van der Waals surface area (Å²) in [5.74, 6) is 0.0464. The van der Waals surface area contributed by atoms with E-state index in [1.807, 2.05) is 28.5 Å². The zero-order valence-electron chi connectivity index (χ0n) is 16.7. The lowest BCUT2D eigenvalue weighted by atomic mass is 10.0. The van der Waals surface area contributed by atoms with E-state index in [1.54, 1.807) is 0 Å². The van der Waals surface area contributed by atoms with Crippen LogP contribution in [0.3, 0.4) is 0 Å². The van der Waals surface area contributed by atoms with Crippen molar-refractivity contribution in [2.24, 2.45) is 5.92 Å². The van der Waals surface area contributed by atoms with Crippen molar-refractivity contribution in [1.29, 1.82) is 0 Å². The highest BCUT2D eigenvalue weighted by Gasteiger charge is 2.24. The van der Waals surface area contributed by atoms with Gasteiger partial charge < -0.3 is 14.2 Å². The van der Waals surface area contributed by atoms with Gasteiger partial charge in [-0.05, 0) is 0 Å². The van der Waals surface area contributed by atoms with Crippen molar-refractivity contribution in [3.8, 4) is 0 Å². The Morgan fingerprint density at radius 2 is 1.36 bits per heavy atom. The van der Waals surface area contributed by atoms with Gasteiger partial charge in [-0.2, -0.15) is 0 Å². The van der Waals surface area contributed by atoms with E-state index in [1.165, 1.54) is 0 Å². The number of ether oxygens (including phenoxy) is 3. The van der Waals surface area contributed by atoms with Crippen LogP contribution in [0.2, 0.25) is 0 Å². The molecule has 1 fully saturated rings. The second-order valence-corrected chi connectivity index (χ2v) is 6.90. The van der Waals surface area contributed by atoms with Crippen molar-refractivity contribution in [3.63, 3.8) is 0 Å². The van der Waals surface area contributed by atoms with Crippen molar-refractivity contribution < 1.29 is 33.4 Å². The zero-order chi connectivity index (χ0) is 20.8. The molecule has 1 aliphatic heterocycles. The van der Waals surface area contributed by atoms with E-state index in [2.05, 4.69) is 0 Å². The molecular weight excluding hydrogens is 370 g/mol. The van der Waals surface area contributed by atoms with Crippen LogP contribution in [0.25, 0.3) is 0 Å². The summed E-state index contributed by atoms with van der Waals surface area (Å²) in [7, 11) is 0. The van der Waals surface area contributed by atoms with Crippen molar-refractivity contribution in [3.05, 3.63) is 0 Å². The predicted molar refractivity (Wildman–Crippen MR) is 98.8 cm³/mol. The minimum Gasteiger partial charge on any atom is -0.452 e. The summed E-state index contributed by atoms with van der Waals surface area (Å²) in [5.41, 5.74) is 0. The highest BCUT2D eigenvalue weighted by molar-refractivity contribution is 5.80. The maximum Gasteiger partial charge on any atom is 0.294 e. The van der Waals surface area contributed by atoms with Crippen molar-refractivity contribution >= 4 is 25.2 Å².